The van der Waals surface area contributed by atoms with Crippen LogP contribution < -0.4 is 5.32 Å². The highest BCUT2D eigenvalue weighted by molar-refractivity contribution is 6.30. The van der Waals surface area contributed by atoms with E-state index in [9.17, 15) is 4.79 Å². The lowest BCUT2D eigenvalue weighted by atomic mass is 10.1. The molecule has 2 rings (SSSR count). The van der Waals surface area contributed by atoms with E-state index in [1.807, 2.05) is 12.1 Å². The van der Waals surface area contributed by atoms with E-state index in [1.54, 1.807) is 24.5 Å². The van der Waals surface area contributed by atoms with E-state index in [2.05, 4.69) is 15.3 Å². The lowest BCUT2D eigenvalue weighted by molar-refractivity contribution is -0.139. The van der Waals surface area contributed by atoms with Gasteiger partial charge in [-0.05, 0) is 17.7 Å². The number of halogens is 1. The molecule has 0 amide bonds. The van der Waals surface area contributed by atoms with E-state index in [0.717, 1.165) is 5.56 Å². The van der Waals surface area contributed by atoms with Gasteiger partial charge in [-0.2, -0.15) is 0 Å². The molecule has 3 N–H and O–H groups in total. The van der Waals surface area contributed by atoms with Crippen LogP contribution in [0.4, 0.5) is 0 Å². The molecule has 2 aromatic rings. The fraction of sp³-hybridized carbons (Fsp3) is 0.231. The maximum absolute atomic E-state index is 11.2. The molecule has 0 radical (unpaired) electrons. The van der Waals surface area contributed by atoms with Gasteiger partial charge in [-0.15, -0.1) is 0 Å². The number of aromatic nitrogens is 2. The molecule has 1 atom stereocenters. The van der Waals surface area contributed by atoms with Crippen molar-refractivity contribution in [2.24, 2.45) is 0 Å². The molecule has 0 aliphatic carbocycles. The number of H-pyrrole nitrogens is 1. The normalized spacial score (nSPS) is 12.3. The monoisotopic (exact) mass is 279 g/mol. The van der Waals surface area contributed by atoms with Crippen LogP contribution in [0.1, 0.15) is 11.4 Å². The van der Waals surface area contributed by atoms with Gasteiger partial charge in [0, 0.05) is 30.4 Å². The van der Waals surface area contributed by atoms with Gasteiger partial charge < -0.3 is 10.1 Å². The Kier molecular flexibility index (Phi) is 4.54. The fourth-order valence-corrected chi connectivity index (χ4v) is 1.82. The minimum atomic E-state index is -0.898. The number of imidazole rings is 1. The first-order valence-corrected chi connectivity index (χ1v) is 6.22. The Hall–Kier alpha value is -1.85. The lowest BCUT2D eigenvalue weighted by Gasteiger charge is -2.13. The number of nitrogens with one attached hydrogen (secondary N) is 2. The van der Waals surface area contributed by atoms with Crippen molar-refractivity contribution in [1.82, 2.24) is 15.3 Å². The first-order chi connectivity index (χ1) is 9.15. The molecule has 1 heterocycles. The average molecular weight is 280 g/mol. The Bertz CT molecular complexity index is 525. The minimum absolute atomic E-state index is 0.315. The van der Waals surface area contributed by atoms with Crippen LogP contribution in [-0.2, 0) is 17.8 Å². The third-order valence-electron chi connectivity index (χ3n) is 2.72. The first-order valence-electron chi connectivity index (χ1n) is 5.84. The summed E-state index contributed by atoms with van der Waals surface area (Å²) in [6.45, 7) is 0.467. The van der Waals surface area contributed by atoms with Crippen molar-refractivity contribution in [2.45, 2.75) is 19.0 Å². The molecule has 0 spiro atoms. The average Bonchev–Trinajstić information content (AvgIpc) is 2.89. The molecule has 0 saturated heterocycles. The van der Waals surface area contributed by atoms with Gasteiger partial charge in [0.1, 0.15) is 11.9 Å². The van der Waals surface area contributed by atoms with Crippen molar-refractivity contribution in [3.8, 4) is 0 Å². The van der Waals surface area contributed by atoms with E-state index < -0.39 is 12.0 Å². The van der Waals surface area contributed by atoms with Crippen molar-refractivity contribution in [3.63, 3.8) is 0 Å². The predicted octanol–water partition coefficient (Wildman–Crippen LogP) is 1.85. The van der Waals surface area contributed by atoms with Crippen LogP contribution in [0, 0.1) is 0 Å². The number of hydrogen-bond donors (Lipinski definition) is 3. The number of aliphatic carboxylic acids is 1. The molecule has 6 heteroatoms. The summed E-state index contributed by atoms with van der Waals surface area (Å²) in [6, 6.07) is 6.60. The van der Waals surface area contributed by atoms with Gasteiger partial charge in [0.05, 0.1) is 0 Å². The molecule has 100 valence electrons. The number of carboxylic acid groups (broad SMARTS) is 1. The summed E-state index contributed by atoms with van der Waals surface area (Å²) in [7, 11) is 0. The third-order valence-corrected chi connectivity index (χ3v) is 2.97. The van der Waals surface area contributed by atoms with Crippen molar-refractivity contribution >= 4 is 17.6 Å². The quantitative estimate of drug-likeness (QED) is 0.754. The SMILES string of the molecule is O=C(O)[C@H](Cc1ncc[nH]1)NCc1ccc(Cl)cc1. The second-order valence-corrected chi connectivity index (χ2v) is 4.57. The maximum atomic E-state index is 11.2. The van der Waals surface area contributed by atoms with E-state index in [-0.39, 0.29) is 0 Å². The van der Waals surface area contributed by atoms with Crippen LogP contribution in [-0.4, -0.2) is 27.1 Å². The topological polar surface area (TPSA) is 78.0 Å². The molecule has 1 aromatic heterocycles. The van der Waals surface area contributed by atoms with Crippen LogP contribution in [0.3, 0.4) is 0 Å². The molecule has 19 heavy (non-hydrogen) atoms. The van der Waals surface area contributed by atoms with Gasteiger partial charge in [0.15, 0.2) is 0 Å². The zero-order chi connectivity index (χ0) is 13.7. The first kappa shape index (κ1) is 13.6. The number of carboxylic acids is 1. The molecule has 0 aliphatic heterocycles. The van der Waals surface area contributed by atoms with Crippen LogP contribution >= 0.6 is 11.6 Å². The lowest BCUT2D eigenvalue weighted by Crippen LogP contribution is -2.38. The fourth-order valence-electron chi connectivity index (χ4n) is 1.69. The van der Waals surface area contributed by atoms with E-state index >= 15 is 0 Å². The number of benzene rings is 1. The summed E-state index contributed by atoms with van der Waals surface area (Å²) in [5.41, 5.74) is 0.982. The minimum Gasteiger partial charge on any atom is -0.480 e. The van der Waals surface area contributed by atoms with Gasteiger partial charge in [-0.25, -0.2) is 4.98 Å². The Balaban J connectivity index is 1.93. The van der Waals surface area contributed by atoms with Gasteiger partial charge in [0.25, 0.3) is 0 Å². The Morgan fingerprint density at radius 2 is 2.16 bits per heavy atom. The summed E-state index contributed by atoms with van der Waals surface area (Å²) in [5, 5.41) is 12.8. The maximum Gasteiger partial charge on any atom is 0.321 e. The van der Waals surface area contributed by atoms with Gasteiger partial charge in [0.2, 0.25) is 0 Å². The number of hydrogen-bond acceptors (Lipinski definition) is 3. The highest BCUT2D eigenvalue weighted by atomic mass is 35.5. The molecular weight excluding hydrogens is 266 g/mol. The van der Waals surface area contributed by atoms with E-state index in [1.165, 1.54) is 0 Å². The van der Waals surface area contributed by atoms with E-state index in [0.29, 0.717) is 23.8 Å². The molecule has 0 aliphatic rings. The second-order valence-electron chi connectivity index (χ2n) is 4.14. The third kappa shape index (κ3) is 4.08. The molecule has 0 saturated carbocycles. The molecule has 5 nitrogen and oxygen atoms in total. The van der Waals surface area contributed by atoms with Crippen LogP contribution in [0.2, 0.25) is 5.02 Å². The van der Waals surface area contributed by atoms with Crippen molar-refractivity contribution < 1.29 is 9.90 Å². The number of aromatic amines is 1. The standard InChI is InChI=1S/C13H14ClN3O2/c14-10-3-1-9(2-4-10)8-17-11(13(18)19)7-12-15-5-6-16-12/h1-6,11,17H,7-8H2,(H,15,16)(H,18,19)/t11-/m0/s1. The van der Waals surface area contributed by atoms with Crippen molar-refractivity contribution in [3.05, 3.63) is 53.1 Å². The van der Waals surface area contributed by atoms with Crippen molar-refractivity contribution in [2.75, 3.05) is 0 Å². The highest BCUT2D eigenvalue weighted by Gasteiger charge is 2.18. The summed E-state index contributed by atoms with van der Waals surface area (Å²) in [5.74, 6) is -0.249. The van der Waals surface area contributed by atoms with Crippen LogP contribution in [0.5, 0.6) is 0 Å². The Morgan fingerprint density at radius 3 is 2.74 bits per heavy atom. The Labute approximate surface area is 115 Å². The summed E-state index contributed by atoms with van der Waals surface area (Å²) in [4.78, 5) is 18.1. The molecule has 1 aromatic carbocycles. The molecule has 0 fully saturated rings. The van der Waals surface area contributed by atoms with Crippen molar-refractivity contribution in [1.29, 1.82) is 0 Å². The molecule has 0 bridgehead atoms. The molecule has 0 unspecified atom stereocenters. The predicted molar refractivity (Wildman–Crippen MR) is 72.0 cm³/mol. The second kappa shape index (κ2) is 6.36. The summed E-state index contributed by atoms with van der Waals surface area (Å²) in [6.07, 6.45) is 3.59. The number of carbonyl (C=O) groups is 1. The number of rotatable bonds is 6. The Morgan fingerprint density at radius 1 is 1.42 bits per heavy atom. The zero-order valence-corrected chi connectivity index (χ0v) is 10.9. The van der Waals surface area contributed by atoms with Gasteiger partial charge in [-0.3, -0.25) is 10.1 Å². The summed E-state index contributed by atoms with van der Waals surface area (Å²) >= 11 is 5.79. The molecular formula is C13H14ClN3O2. The zero-order valence-electron chi connectivity index (χ0n) is 10.1. The summed E-state index contributed by atoms with van der Waals surface area (Å²) < 4.78 is 0. The van der Waals surface area contributed by atoms with Gasteiger partial charge >= 0.3 is 5.97 Å². The largest absolute Gasteiger partial charge is 0.480 e. The number of nitrogens with zero attached hydrogens (tertiary/aromatic N) is 1. The van der Waals surface area contributed by atoms with E-state index in [4.69, 9.17) is 16.7 Å². The highest BCUT2D eigenvalue weighted by Crippen LogP contribution is 2.09. The van der Waals surface area contributed by atoms with Crippen LogP contribution in [0.25, 0.3) is 0 Å². The van der Waals surface area contributed by atoms with Crippen LogP contribution in [0.15, 0.2) is 36.7 Å². The smallest absolute Gasteiger partial charge is 0.321 e. The van der Waals surface area contributed by atoms with Gasteiger partial charge in [-0.1, -0.05) is 23.7 Å².